The van der Waals surface area contributed by atoms with Crippen LogP contribution in [0, 0.1) is 23.2 Å². The summed E-state index contributed by atoms with van der Waals surface area (Å²) in [6.07, 6.45) is 9.33. The van der Waals surface area contributed by atoms with Gasteiger partial charge in [-0.05, 0) is 42.7 Å². The Kier molecular flexibility index (Phi) is 3.06. The molecule has 0 N–H and O–H groups in total. The van der Waals surface area contributed by atoms with Gasteiger partial charge in [-0.1, -0.05) is 19.1 Å². The van der Waals surface area contributed by atoms with Crippen LogP contribution in [0.15, 0.2) is 46.3 Å². The highest BCUT2D eigenvalue weighted by atomic mass is 16.6. The summed E-state index contributed by atoms with van der Waals surface area (Å²) >= 11 is 0. The predicted octanol–water partition coefficient (Wildman–Crippen LogP) is 3.34. The summed E-state index contributed by atoms with van der Waals surface area (Å²) in [4.78, 5) is 24.8. The number of furan rings is 1. The van der Waals surface area contributed by atoms with Crippen molar-refractivity contribution in [3.63, 3.8) is 0 Å². The van der Waals surface area contributed by atoms with Gasteiger partial charge in [0.2, 0.25) is 0 Å². The van der Waals surface area contributed by atoms with Gasteiger partial charge in [-0.2, -0.15) is 0 Å². The zero-order valence-corrected chi connectivity index (χ0v) is 14.1. The molecule has 1 saturated heterocycles. The largest absolute Gasteiger partial charge is 0.472 e. The van der Waals surface area contributed by atoms with E-state index < -0.39 is 0 Å². The lowest BCUT2D eigenvalue weighted by Gasteiger charge is -2.43. The molecule has 1 spiro atoms. The molecule has 5 nitrogen and oxygen atoms in total. The van der Waals surface area contributed by atoms with Crippen LogP contribution in [0.1, 0.15) is 37.9 Å². The number of allylic oxidation sites excluding steroid dienone is 1. The molecule has 0 radical (unpaired) electrons. The third kappa shape index (κ3) is 1.89. The fraction of sp³-hybridized carbons (Fsp3) is 0.500. The summed E-state index contributed by atoms with van der Waals surface area (Å²) in [7, 11) is 0. The molecule has 1 aromatic heterocycles. The lowest BCUT2D eigenvalue weighted by Crippen LogP contribution is -2.42. The van der Waals surface area contributed by atoms with Crippen LogP contribution in [0.3, 0.4) is 0 Å². The van der Waals surface area contributed by atoms with E-state index in [9.17, 15) is 9.59 Å². The van der Waals surface area contributed by atoms with Crippen LogP contribution in [-0.4, -0.2) is 18.5 Å². The Labute approximate surface area is 145 Å². The van der Waals surface area contributed by atoms with Crippen molar-refractivity contribution >= 4 is 11.9 Å². The molecule has 1 fully saturated rings. The molecular weight excluding hydrogens is 320 g/mol. The highest BCUT2D eigenvalue weighted by molar-refractivity contribution is 5.93. The molecule has 5 atom stereocenters. The maximum Gasteiger partial charge on any atom is 0.335 e. The van der Waals surface area contributed by atoms with E-state index in [1.165, 1.54) is 0 Å². The summed E-state index contributed by atoms with van der Waals surface area (Å²) in [5.41, 5.74) is 2.54. The van der Waals surface area contributed by atoms with E-state index in [4.69, 9.17) is 13.9 Å². The molecule has 1 aromatic rings. The topological polar surface area (TPSA) is 65.7 Å². The second-order valence-corrected chi connectivity index (χ2v) is 7.65. The monoisotopic (exact) mass is 340 g/mol. The molecule has 2 aliphatic heterocycles. The first-order valence-electron chi connectivity index (χ1n) is 8.91. The lowest BCUT2D eigenvalue weighted by atomic mass is 9.58. The van der Waals surface area contributed by atoms with Crippen LogP contribution in [-0.2, 0) is 19.1 Å². The van der Waals surface area contributed by atoms with Crippen molar-refractivity contribution in [1.29, 1.82) is 0 Å². The Hall–Kier alpha value is -2.30. The molecule has 0 amide bonds. The van der Waals surface area contributed by atoms with Crippen molar-refractivity contribution < 1.29 is 23.5 Å². The second kappa shape index (κ2) is 5.10. The van der Waals surface area contributed by atoms with Gasteiger partial charge in [-0.3, -0.25) is 4.79 Å². The number of esters is 2. The first-order valence-corrected chi connectivity index (χ1v) is 8.91. The van der Waals surface area contributed by atoms with Crippen LogP contribution >= 0.6 is 0 Å². The number of cyclic esters (lactones) is 2. The summed E-state index contributed by atoms with van der Waals surface area (Å²) in [5.74, 6) is -0.115. The van der Waals surface area contributed by atoms with Crippen molar-refractivity contribution in [2.75, 3.05) is 6.61 Å². The van der Waals surface area contributed by atoms with Gasteiger partial charge in [-0.15, -0.1) is 0 Å². The Morgan fingerprint density at radius 2 is 2.16 bits per heavy atom. The van der Waals surface area contributed by atoms with E-state index in [-0.39, 0.29) is 41.2 Å². The van der Waals surface area contributed by atoms with E-state index >= 15 is 0 Å². The van der Waals surface area contributed by atoms with E-state index in [2.05, 4.69) is 13.0 Å². The van der Waals surface area contributed by atoms with E-state index in [0.717, 1.165) is 29.6 Å². The smallest absolute Gasteiger partial charge is 0.335 e. The minimum absolute atomic E-state index is 0.121. The molecule has 0 bridgehead atoms. The molecule has 0 aromatic carbocycles. The van der Waals surface area contributed by atoms with Crippen LogP contribution < -0.4 is 0 Å². The molecule has 5 heteroatoms. The Bertz CT molecular complexity index is 802. The quantitative estimate of drug-likeness (QED) is 0.579. The summed E-state index contributed by atoms with van der Waals surface area (Å²) in [5, 5.41) is 0. The maximum atomic E-state index is 12.5. The van der Waals surface area contributed by atoms with Gasteiger partial charge in [0.15, 0.2) is 6.10 Å². The molecule has 2 aliphatic carbocycles. The zero-order valence-electron chi connectivity index (χ0n) is 14.1. The molecule has 3 heterocycles. The van der Waals surface area contributed by atoms with E-state index in [0.29, 0.717) is 13.0 Å². The average molecular weight is 340 g/mol. The van der Waals surface area contributed by atoms with Gasteiger partial charge in [0.25, 0.3) is 0 Å². The highest BCUT2D eigenvalue weighted by Crippen LogP contribution is 2.59. The standard InChI is InChI=1S/C20H20O5/c1-11-14-3-2-4-15-19(22)24-10-20(14,15)7-5-13-16(11)17(25-18(13)21)12-6-8-23-9-12/h2,4,6,8-9,11,14-15,17H,3,5,7,10H2,1H3/t11-,14+,15-,17-,20-/m0/s1. The van der Waals surface area contributed by atoms with Crippen molar-refractivity contribution in [2.45, 2.75) is 32.3 Å². The number of hydrogen-bond acceptors (Lipinski definition) is 5. The average Bonchev–Trinajstić information content (AvgIpc) is 3.29. The summed E-state index contributed by atoms with van der Waals surface area (Å²) < 4.78 is 16.4. The van der Waals surface area contributed by atoms with Crippen LogP contribution in [0.25, 0.3) is 0 Å². The first kappa shape index (κ1) is 15.0. The summed E-state index contributed by atoms with van der Waals surface area (Å²) in [6, 6.07) is 1.85. The van der Waals surface area contributed by atoms with Crippen molar-refractivity contribution in [1.82, 2.24) is 0 Å². The minimum atomic E-state index is -0.367. The molecule has 5 rings (SSSR count). The Balaban J connectivity index is 1.60. The molecular formula is C20H20O5. The van der Waals surface area contributed by atoms with Crippen molar-refractivity contribution in [2.24, 2.45) is 23.2 Å². The van der Waals surface area contributed by atoms with Crippen molar-refractivity contribution in [3.05, 3.63) is 47.5 Å². The van der Waals surface area contributed by atoms with E-state index in [1.807, 2.05) is 12.1 Å². The van der Waals surface area contributed by atoms with Crippen LogP contribution in [0.4, 0.5) is 0 Å². The highest BCUT2D eigenvalue weighted by Gasteiger charge is 2.59. The number of rotatable bonds is 1. The third-order valence-electron chi connectivity index (χ3n) is 6.70. The number of ether oxygens (including phenoxy) is 2. The van der Waals surface area contributed by atoms with E-state index in [1.54, 1.807) is 12.5 Å². The number of hydrogen-bond donors (Lipinski definition) is 0. The molecule has 0 unspecified atom stereocenters. The minimum Gasteiger partial charge on any atom is -0.472 e. The normalized spacial score (nSPS) is 39.4. The van der Waals surface area contributed by atoms with Gasteiger partial charge < -0.3 is 13.9 Å². The van der Waals surface area contributed by atoms with Crippen LogP contribution in [0.5, 0.6) is 0 Å². The van der Waals surface area contributed by atoms with Gasteiger partial charge in [0.05, 0.1) is 25.1 Å². The Morgan fingerprint density at radius 1 is 1.28 bits per heavy atom. The summed E-state index contributed by atoms with van der Waals surface area (Å²) in [6.45, 7) is 2.63. The molecule has 25 heavy (non-hydrogen) atoms. The lowest BCUT2D eigenvalue weighted by molar-refractivity contribution is -0.141. The first-order chi connectivity index (χ1) is 12.1. The fourth-order valence-electron chi connectivity index (χ4n) is 5.46. The van der Waals surface area contributed by atoms with Crippen LogP contribution in [0.2, 0.25) is 0 Å². The van der Waals surface area contributed by atoms with Gasteiger partial charge in [0.1, 0.15) is 0 Å². The number of carbonyl (C=O) groups is 2. The van der Waals surface area contributed by atoms with Gasteiger partial charge >= 0.3 is 11.9 Å². The SMILES string of the molecule is C[C@@H]1C2=C(CC[C@@]34COC(=O)[C@@H]3C=CC[C@H]14)C(=O)O[C@H]2c1ccoc1. The Morgan fingerprint density at radius 3 is 2.96 bits per heavy atom. The predicted molar refractivity (Wildman–Crippen MR) is 87.1 cm³/mol. The molecule has 0 saturated carbocycles. The second-order valence-electron chi connectivity index (χ2n) is 7.65. The number of carbonyl (C=O) groups excluding carboxylic acids is 2. The molecule has 4 aliphatic rings. The third-order valence-corrected chi connectivity index (χ3v) is 6.70. The molecule has 130 valence electrons. The zero-order chi connectivity index (χ0) is 17.2. The van der Waals surface area contributed by atoms with Gasteiger partial charge in [0, 0.05) is 16.6 Å². The van der Waals surface area contributed by atoms with Gasteiger partial charge in [-0.25, -0.2) is 4.79 Å². The fourth-order valence-corrected chi connectivity index (χ4v) is 5.46. The van der Waals surface area contributed by atoms with Crippen molar-refractivity contribution in [3.8, 4) is 0 Å². The maximum absolute atomic E-state index is 12.5.